The molecule has 0 aliphatic heterocycles. The third-order valence-electron chi connectivity index (χ3n) is 8.77. The molecule has 7 aromatic carbocycles. The predicted octanol–water partition coefficient (Wildman–Crippen LogP) is 10.3. The van der Waals surface area contributed by atoms with E-state index in [4.69, 9.17) is 15.0 Å². The van der Waals surface area contributed by atoms with Gasteiger partial charge < -0.3 is 0 Å². The van der Waals surface area contributed by atoms with Crippen molar-refractivity contribution in [3.63, 3.8) is 0 Å². The molecule has 0 aliphatic carbocycles. The number of hydrogen-bond acceptors (Lipinski definition) is 3. The average molecular weight is 656 g/mol. The Morgan fingerprint density at radius 2 is 0.680 bits per heavy atom. The molecule has 4 heteroatoms. The van der Waals surface area contributed by atoms with Crippen LogP contribution in [-0.2, 0) is 0 Å². The van der Waals surface area contributed by atoms with Crippen LogP contribution in [0.15, 0.2) is 194 Å². The second kappa shape index (κ2) is 14.5. The van der Waals surface area contributed by atoms with Gasteiger partial charge in [0.25, 0.3) is 0 Å². The van der Waals surface area contributed by atoms with E-state index in [1.807, 2.05) is 60.7 Å². The number of hydrogen-bond donors (Lipinski definition) is 0. The van der Waals surface area contributed by atoms with Crippen molar-refractivity contribution in [2.24, 2.45) is 0 Å². The Kier molecular flexibility index (Phi) is 9.00. The van der Waals surface area contributed by atoms with Gasteiger partial charge in [0.2, 0.25) is 0 Å². The van der Waals surface area contributed by atoms with E-state index in [-0.39, 0.29) is 5.54 Å². The van der Waals surface area contributed by atoms with E-state index in [1.165, 1.54) is 16.3 Å². The number of rotatable bonds is 9. The molecule has 0 bridgehead atoms. The first kappa shape index (κ1) is 31.1. The van der Waals surface area contributed by atoms with Crippen molar-refractivity contribution in [3.05, 3.63) is 205 Å². The molecule has 3 nitrogen and oxygen atoms in total. The summed E-state index contributed by atoms with van der Waals surface area (Å²) in [7, 11) is 0.563. The molecule has 0 unspecified atom stereocenters. The summed E-state index contributed by atoms with van der Waals surface area (Å²) in [5.41, 5.74) is 10.3. The normalized spacial score (nSPS) is 11.1. The van der Waals surface area contributed by atoms with Gasteiger partial charge in [-0.2, -0.15) is 0 Å². The number of benzene rings is 7. The van der Waals surface area contributed by atoms with Crippen molar-refractivity contribution in [1.29, 1.82) is 0 Å². The summed E-state index contributed by atoms with van der Waals surface area (Å²) < 4.78 is 0. The van der Waals surface area contributed by atoms with Gasteiger partial charge in [-0.25, -0.2) is 15.0 Å². The highest BCUT2D eigenvalue weighted by atomic mass is 28.2. The molecule has 0 saturated heterocycles. The Morgan fingerprint density at radius 1 is 0.300 bits per heavy atom. The molecule has 0 N–H and O–H groups in total. The molecule has 0 spiro atoms. The molecule has 1 heterocycles. The summed E-state index contributed by atoms with van der Waals surface area (Å²) >= 11 is 0. The Balaban J connectivity index is 1.25. The molecule has 0 saturated carbocycles. The van der Waals surface area contributed by atoms with Gasteiger partial charge in [0.1, 0.15) is 0 Å². The molecule has 236 valence electrons. The summed E-state index contributed by atoms with van der Waals surface area (Å²) in [5, 5.41) is 1.31. The molecule has 0 atom stereocenters. The molecule has 2 radical (unpaired) electrons. The summed E-state index contributed by atoms with van der Waals surface area (Å²) in [5.74, 6) is 1.94. The van der Waals surface area contributed by atoms with Crippen LogP contribution in [0.25, 0.3) is 56.4 Å². The molecule has 0 fully saturated rings. The molecule has 8 rings (SSSR count). The quantitative estimate of drug-likeness (QED) is 0.145. The highest BCUT2D eigenvalue weighted by molar-refractivity contribution is 6.56. The fourth-order valence-electron chi connectivity index (χ4n) is 6.26. The van der Waals surface area contributed by atoms with Gasteiger partial charge in [-0.1, -0.05) is 181 Å². The highest BCUT2D eigenvalue weighted by Crippen LogP contribution is 2.33. The third kappa shape index (κ3) is 6.97. The fourth-order valence-corrected chi connectivity index (χ4v) is 7.75. The van der Waals surface area contributed by atoms with E-state index in [9.17, 15) is 0 Å². The first-order valence-corrected chi connectivity index (χ1v) is 17.9. The summed E-state index contributed by atoms with van der Waals surface area (Å²) in [6.07, 6.45) is 0. The van der Waals surface area contributed by atoms with Crippen LogP contribution in [0, 0.1) is 0 Å². The van der Waals surface area contributed by atoms with E-state index < -0.39 is 0 Å². The van der Waals surface area contributed by atoms with Gasteiger partial charge in [-0.15, -0.1) is 0 Å². The Morgan fingerprint density at radius 3 is 1.18 bits per heavy atom. The Bertz CT molecular complexity index is 2230. The lowest BCUT2D eigenvalue weighted by atomic mass is 9.96. The average Bonchev–Trinajstić information content (AvgIpc) is 3.21. The predicted molar refractivity (Wildman–Crippen MR) is 207 cm³/mol. The topological polar surface area (TPSA) is 38.7 Å². The SMILES string of the molecule is c1ccc(-c2cc(-c3cccc([Si]C(c4ccccc4)c4ccccc4)c3)cc(-c3nc(-c4ccccc4)nc(-c4ccccc4)n3)c2)cc1. The Labute approximate surface area is 295 Å². The van der Waals surface area contributed by atoms with Crippen molar-refractivity contribution in [2.45, 2.75) is 5.54 Å². The first-order valence-electron chi connectivity index (χ1n) is 16.8. The minimum absolute atomic E-state index is 0.275. The lowest BCUT2D eigenvalue weighted by Gasteiger charge is -2.18. The molecular weight excluding hydrogens is 623 g/mol. The smallest absolute Gasteiger partial charge is 0.164 e. The van der Waals surface area contributed by atoms with Crippen LogP contribution >= 0.6 is 0 Å². The van der Waals surface area contributed by atoms with Gasteiger partial charge in [0.15, 0.2) is 17.5 Å². The summed E-state index contributed by atoms with van der Waals surface area (Å²) in [6.45, 7) is 0. The van der Waals surface area contributed by atoms with Crippen LogP contribution in [0.1, 0.15) is 16.7 Å². The molecule has 0 amide bonds. The van der Waals surface area contributed by atoms with E-state index in [0.717, 1.165) is 38.9 Å². The second-order valence-electron chi connectivity index (χ2n) is 12.2. The van der Waals surface area contributed by atoms with Crippen molar-refractivity contribution in [3.8, 4) is 56.4 Å². The molecular formula is C46H33N3Si. The van der Waals surface area contributed by atoms with Gasteiger partial charge in [0.05, 0.1) is 9.52 Å². The fraction of sp³-hybridized carbons (Fsp3) is 0.0217. The molecule has 0 aliphatic rings. The second-order valence-corrected chi connectivity index (χ2v) is 13.6. The van der Waals surface area contributed by atoms with Crippen LogP contribution in [0.4, 0.5) is 0 Å². The van der Waals surface area contributed by atoms with E-state index in [2.05, 4.69) is 133 Å². The lowest BCUT2D eigenvalue weighted by molar-refractivity contribution is 1.07. The van der Waals surface area contributed by atoms with Crippen LogP contribution < -0.4 is 5.19 Å². The molecule has 8 aromatic rings. The van der Waals surface area contributed by atoms with Gasteiger partial charge in [-0.3, -0.25) is 0 Å². The molecule has 50 heavy (non-hydrogen) atoms. The van der Waals surface area contributed by atoms with Gasteiger partial charge in [-0.05, 0) is 51.6 Å². The zero-order valence-corrected chi connectivity index (χ0v) is 28.4. The van der Waals surface area contributed by atoms with Gasteiger partial charge in [0, 0.05) is 22.2 Å². The third-order valence-corrected chi connectivity index (χ3v) is 10.4. The van der Waals surface area contributed by atoms with E-state index >= 15 is 0 Å². The van der Waals surface area contributed by atoms with Crippen molar-refractivity contribution in [2.75, 3.05) is 0 Å². The first-order chi connectivity index (χ1) is 24.8. The van der Waals surface area contributed by atoms with Crippen LogP contribution in [0.5, 0.6) is 0 Å². The maximum absolute atomic E-state index is 5.07. The minimum Gasteiger partial charge on any atom is -0.208 e. The van der Waals surface area contributed by atoms with Crippen LogP contribution in [-0.4, -0.2) is 24.5 Å². The number of nitrogens with zero attached hydrogens (tertiary/aromatic N) is 3. The van der Waals surface area contributed by atoms with Crippen molar-refractivity contribution >= 4 is 14.7 Å². The monoisotopic (exact) mass is 655 g/mol. The van der Waals surface area contributed by atoms with Crippen molar-refractivity contribution in [1.82, 2.24) is 15.0 Å². The van der Waals surface area contributed by atoms with Crippen LogP contribution in [0.3, 0.4) is 0 Å². The summed E-state index contributed by atoms with van der Waals surface area (Å²) in [4.78, 5) is 15.1. The molecule has 1 aromatic heterocycles. The Hall–Kier alpha value is -6.23. The largest absolute Gasteiger partial charge is 0.208 e. The van der Waals surface area contributed by atoms with Crippen LogP contribution in [0.2, 0.25) is 0 Å². The van der Waals surface area contributed by atoms with E-state index in [1.54, 1.807) is 0 Å². The maximum Gasteiger partial charge on any atom is 0.164 e. The van der Waals surface area contributed by atoms with E-state index in [0.29, 0.717) is 27.0 Å². The van der Waals surface area contributed by atoms with Crippen molar-refractivity contribution < 1.29 is 0 Å². The zero-order valence-electron chi connectivity index (χ0n) is 27.4. The number of aromatic nitrogens is 3. The highest BCUT2D eigenvalue weighted by Gasteiger charge is 2.18. The lowest BCUT2D eigenvalue weighted by Crippen LogP contribution is -2.23. The zero-order chi connectivity index (χ0) is 33.5. The maximum atomic E-state index is 5.07. The summed E-state index contributed by atoms with van der Waals surface area (Å²) in [6, 6.07) is 68.2. The standard InChI is InChI=1S/C46H33N3Si/c1-6-17-33(18-7-1)39-29-40(38-27-16-28-42(32-38)50-43(34-19-8-2-9-20-34)35-21-10-3-11-22-35)31-41(30-39)46-48-44(36-23-12-4-13-24-36)47-45(49-46)37-25-14-5-15-26-37/h1-32,43H. The van der Waals surface area contributed by atoms with Gasteiger partial charge >= 0.3 is 0 Å². The minimum atomic E-state index is 0.275.